The van der Waals surface area contributed by atoms with Crippen LogP contribution in [0.3, 0.4) is 0 Å². The van der Waals surface area contributed by atoms with Gasteiger partial charge < -0.3 is 15.6 Å². The number of anilines is 1. The first-order chi connectivity index (χ1) is 6.07. The van der Waals surface area contributed by atoms with Gasteiger partial charge >= 0.3 is 5.97 Å². The van der Waals surface area contributed by atoms with Crippen LogP contribution in [-0.2, 0) is 0 Å². The van der Waals surface area contributed by atoms with Crippen molar-refractivity contribution >= 4 is 23.3 Å². The molecule has 1 rings (SSSR count). The van der Waals surface area contributed by atoms with Crippen LogP contribution in [0.5, 0.6) is 5.75 Å². The van der Waals surface area contributed by atoms with E-state index in [1.54, 1.807) is 0 Å². The Balaban J connectivity index is 3.38. The summed E-state index contributed by atoms with van der Waals surface area (Å²) >= 11 is 5.73. The number of benzene rings is 1. The van der Waals surface area contributed by atoms with Crippen molar-refractivity contribution in [1.29, 1.82) is 0 Å². The summed E-state index contributed by atoms with van der Waals surface area (Å²) in [7, 11) is 1.34. The van der Waals surface area contributed by atoms with Gasteiger partial charge in [-0.15, -0.1) is 0 Å². The van der Waals surface area contributed by atoms with Crippen LogP contribution < -0.4 is 10.5 Å². The highest BCUT2D eigenvalue weighted by Gasteiger charge is 2.15. The molecular weight excluding hydrogens is 194 g/mol. The molecule has 0 saturated heterocycles. The molecule has 0 saturated carbocycles. The maximum Gasteiger partial charge on any atom is 0.339 e. The second-order valence-corrected chi connectivity index (χ2v) is 2.73. The van der Waals surface area contributed by atoms with Gasteiger partial charge in [0.15, 0.2) is 5.75 Å². The minimum absolute atomic E-state index is 0.00157. The van der Waals surface area contributed by atoms with Gasteiger partial charge in [0.25, 0.3) is 0 Å². The van der Waals surface area contributed by atoms with Gasteiger partial charge in [0.2, 0.25) is 0 Å². The molecule has 0 heterocycles. The minimum atomic E-state index is -1.10. The van der Waals surface area contributed by atoms with Gasteiger partial charge in [0, 0.05) is 0 Å². The molecule has 13 heavy (non-hydrogen) atoms. The standard InChI is InChI=1S/C8H8ClNO3/c1-13-7-4(8(11)12)2-3-5(10)6(7)9/h2-3H,10H2,1H3,(H,11,12). The second kappa shape index (κ2) is 3.53. The van der Waals surface area contributed by atoms with Crippen LogP contribution in [0, 0.1) is 0 Å². The van der Waals surface area contributed by atoms with Crippen molar-refractivity contribution in [3.63, 3.8) is 0 Å². The van der Waals surface area contributed by atoms with E-state index in [0.29, 0.717) is 5.69 Å². The van der Waals surface area contributed by atoms with Crippen molar-refractivity contribution in [2.75, 3.05) is 12.8 Å². The molecule has 4 nitrogen and oxygen atoms in total. The van der Waals surface area contributed by atoms with Crippen molar-refractivity contribution in [1.82, 2.24) is 0 Å². The number of rotatable bonds is 2. The molecular formula is C8H8ClNO3. The predicted molar refractivity (Wildman–Crippen MR) is 49.4 cm³/mol. The zero-order valence-corrected chi connectivity index (χ0v) is 7.63. The van der Waals surface area contributed by atoms with Crippen molar-refractivity contribution in [3.05, 3.63) is 22.7 Å². The van der Waals surface area contributed by atoms with Gasteiger partial charge in [-0.05, 0) is 12.1 Å². The fourth-order valence-electron chi connectivity index (χ4n) is 0.939. The summed E-state index contributed by atoms with van der Waals surface area (Å²) in [6.45, 7) is 0. The Hall–Kier alpha value is -1.42. The smallest absolute Gasteiger partial charge is 0.339 e. The van der Waals surface area contributed by atoms with Crippen molar-refractivity contribution < 1.29 is 14.6 Å². The molecule has 3 N–H and O–H groups in total. The number of methoxy groups -OCH3 is 1. The fraction of sp³-hybridized carbons (Fsp3) is 0.125. The maximum atomic E-state index is 10.7. The Morgan fingerprint density at radius 2 is 2.23 bits per heavy atom. The van der Waals surface area contributed by atoms with Gasteiger partial charge in [-0.1, -0.05) is 11.6 Å². The molecule has 1 aromatic carbocycles. The number of hydrogen-bond acceptors (Lipinski definition) is 3. The molecule has 0 unspecified atom stereocenters. The van der Waals surface area contributed by atoms with E-state index >= 15 is 0 Å². The number of nitrogen functional groups attached to an aromatic ring is 1. The van der Waals surface area contributed by atoms with E-state index in [-0.39, 0.29) is 16.3 Å². The summed E-state index contributed by atoms with van der Waals surface area (Å²) in [5.41, 5.74) is 5.76. The fourth-order valence-corrected chi connectivity index (χ4v) is 1.18. The van der Waals surface area contributed by atoms with Crippen molar-refractivity contribution in [2.45, 2.75) is 0 Å². The number of ether oxygens (including phenoxy) is 1. The predicted octanol–water partition coefficient (Wildman–Crippen LogP) is 1.63. The highest BCUT2D eigenvalue weighted by atomic mass is 35.5. The van der Waals surface area contributed by atoms with Crippen LogP contribution >= 0.6 is 11.6 Å². The van der Waals surface area contributed by atoms with E-state index < -0.39 is 5.97 Å². The molecule has 0 fully saturated rings. The molecule has 0 amide bonds. The zero-order chi connectivity index (χ0) is 10.0. The summed E-state index contributed by atoms with van der Waals surface area (Å²) in [6, 6.07) is 2.77. The Morgan fingerprint density at radius 1 is 1.62 bits per heavy atom. The normalized spacial score (nSPS) is 9.69. The number of carboxylic acid groups (broad SMARTS) is 1. The molecule has 0 aliphatic carbocycles. The third-order valence-electron chi connectivity index (χ3n) is 1.56. The third kappa shape index (κ3) is 1.67. The molecule has 0 radical (unpaired) electrons. The molecule has 5 heteroatoms. The summed E-state index contributed by atoms with van der Waals surface area (Å²) in [5.74, 6) is -1.01. The lowest BCUT2D eigenvalue weighted by atomic mass is 10.2. The molecule has 70 valence electrons. The van der Waals surface area contributed by atoms with Gasteiger partial charge in [-0.2, -0.15) is 0 Å². The quantitative estimate of drug-likeness (QED) is 0.714. The molecule has 0 aromatic heterocycles. The summed E-state index contributed by atoms with van der Waals surface area (Å²) in [4.78, 5) is 10.7. The van der Waals surface area contributed by atoms with Crippen LogP contribution in [0.1, 0.15) is 10.4 Å². The number of carboxylic acids is 1. The Kier molecular flexibility index (Phi) is 2.63. The summed E-state index contributed by atoms with van der Waals surface area (Å²) < 4.78 is 4.83. The minimum Gasteiger partial charge on any atom is -0.494 e. The van der Waals surface area contributed by atoms with Crippen LogP contribution in [0.25, 0.3) is 0 Å². The van der Waals surface area contributed by atoms with E-state index in [1.807, 2.05) is 0 Å². The van der Waals surface area contributed by atoms with Crippen LogP contribution in [0.2, 0.25) is 5.02 Å². The molecule has 0 atom stereocenters. The molecule has 0 aliphatic heterocycles. The maximum absolute atomic E-state index is 10.7. The summed E-state index contributed by atoms with van der Waals surface area (Å²) in [5, 5.41) is 8.86. The molecule has 0 spiro atoms. The number of hydrogen-bond donors (Lipinski definition) is 2. The van der Waals surface area contributed by atoms with Crippen LogP contribution in [0.4, 0.5) is 5.69 Å². The average Bonchev–Trinajstić information content (AvgIpc) is 2.09. The Labute approximate surface area is 79.9 Å². The van der Waals surface area contributed by atoms with Crippen molar-refractivity contribution in [3.8, 4) is 5.75 Å². The molecule has 1 aromatic rings. The monoisotopic (exact) mass is 201 g/mol. The first kappa shape index (κ1) is 9.67. The number of halogens is 1. The summed E-state index contributed by atoms with van der Waals surface area (Å²) in [6.07, 6.45) is 0. The van der Waals surface area contributed by atoms with Crippen LogP contribution in [0.15, 0.2) is 12.1 Å². The van der Waals surface area contributed by atoms with Gasteiger partial charge in [-0.3, -0.25) is 0 Å². The Morgan fingerprint density at radius 3 is 2.69 bits per heavy atom. The molecule has 0 aliphatic rings. The average molecular weight is 202 g/mol. The highest BCUT2D eigenvalue weighted by Crippen LogP contribution is 2.33. The Bertz CT molecular complexity index is 351. The van der Waals surface area contributed by atoms with Crippen LogP contribution in [-0.4, -0.2) is 18.2 Å². The topological polar surface area (TPSA) is 72.5 Å². The number of nitrogens with two attached hydrogens (primary N) is 1. The van der Waals surface area contributed by atoms with E-state index in [4.69, 9.17) is 27.2 Å². The van der Waals surface area contributed by atoms with E-state index in [0.717, 1.165) is 0 Å². The number of carbonyl (C=O) groups is 1. The van der Waals surface area contributed by atoms with Gasteiger partial charge in [-0.25, -0.2) is 4.79 Å². The third-order valence-corrected chi connectivity index (χ3v) is 1.95. The largest absolute Gasteiger partial charge is 0.494 e. The number of aromatic carboxylic acids is 1. The second-order valence-electron chi connectivity index (χ2n) is 2.35. The first-order valence-electron chi connectivity index (χ1n) is 3.43. The van der Waals surface area contributed by atoms with E-state index in [1.165, 1.54) is 19.2 Å². The van der Waals surface area contributed by atoms with Crippen molar-refractivity contribution in [2.24, 2.45) is 0 Å². The van der Waals surface area contributed by atoms with Gasteiger partial charge in [0.1, 0.15) is 10.6 Å². The molecule has 0 bridgehead atoms. The lowest BCUT2D eigenvalue weighted by Gasteiger charge is -2.08. The SMILES string of the molecule is COc1c(C(=O)O)ccc(N)c1Cl. The zero-order valence-electron chi connectivity index (χ0n) is 6.87. The van der Waals surface area contributed by atoms with E-state index in [2.05, 4.69) is 0 Å². The lowest BCUT2D eigenvalue weighted by Crippen LogP contribution is -2.02. The van der Waals surface area contributed by atoms with Gasteiger partial charge in [0.05, 0.1) is 12.8 Å². The highest BCUT2D eigenvalue weighted by molar-refractivity contribution is 6.35. The van der Waals surface area contributed by atoms with E-state index in [9.17, 15) is 4.79 Å². The first-order valence-corrected chi connectivity index (χ1v) is 3.81. The lowest BCUT2D eigenvalue weighted by molar-refractivity contribution is 0.0693.